The van der Waals surface area contributed by atoms with E-state index in [1.54, 1.807) is 18.3 Å². The predicted octanol–water partition coefficient (Wildman–Crippen LogP) is -0.763. The van der Waals surface area contributed by atoms with Gasteiger partial charge < -0.3 is 5.32 Å². The van der Waals surface area contributed by atoms with Crippen molar-refractivity contribution in [3.8, 4) is 0 Å². The Morgan fingerprint density at radius 3 is 2.95 bits per heavy atom. The fourth-order valence-electron chi connectivity index (χ4n) is 1.44. The summed E-state index contributed by atoms with van der Waals surface area (Å²) in [5.41, 5.74) is 0.717. The summed E-state index contributed by atoms with van der Waals surface area (Å²) in [6.07, 6.45) is 1.60. The molecule has 2 heterocycles. The van der Waals surface area contributed by atoms with Crippen LogP contribution in [-0.4, -0.2) is 48.9 Å². The average Bonchev–Trinajstić information content (AvgIpc) is 2.85. The lowest BCUT2D eigenvalue weighted by atomic mass is 10.3. The highest BCUT2D eigenvalue weighted by molar-refractivity contribution is 7.89. The number of hydrogen-bond donors (Lipinski definition) is 3. The number of aromatic nitrogens is 3. The van der Waals surface area contributed by atoms with Crippen LogP contribution in [0.2, 0.25) is 0 Å². The van der Waals surface area contributed by atoms with Gasteiger partial charge in [-0.15, -0.1) is 0 Å². The molecule has 19 heavy (non-hydrogen) atoms. The van der Waals surface area contributed by atoms with Crippen molar-refractivity contribution in [1.29, 1.82) is 0 Å². The monoisotopic (exact) mass is 283 g/mol. The molecule has 0 atom stereocenters. The number of carbonyl (C=O) groups is 1. The summed E-state index contributed by atoms with van der Waals surface area (Å²) in [4.78, 5) is 15.8. The van der Waals surface area contributed by atoms with E-state index in [1.165, 1.54) is 7.05 Å². The molecule has 0 saturated carbocycles. The molecule has 2 rings (SSSR count). The van der Waals surface area contributed by atoms with E-state index in [-0.39, 0.29) is 18.0 Å². The number of rotatable bonds is 5. The van der Waals surface area contributed by atoms with E-state index in [0.717, 1.165) is 5.39 Å². The van der Waals surface area contributed by atoms with Gasteiger partial charge in [-0.3, -0.25) is 9.89 Å². The Kier molecular flexibility index (Phi) is 3.76. The largest absolute Gasteiger partial charge is 0.350 e. The first-order chi connectivity index (χ1) is 9.02. The first kappa shape index (κ1) is 13.4. The number of nitrogens with zero attached hydrogens (tertiary/aromatic N) is 2. The number of H-pyrrole nitrogens is 1. The molecule has 0 aliphatic rings. The summed E-state index contributed by atoms with van der Waals surface area (Å²) in [6, 6.07) is 3.27. The molecule has 1 amide bonds. The van der Waals surface area contributed by atoms with E-state index in [0.29, 0.717) is 5.65 Å². The summed E-state index contributed by atoms with van der Waals surface area (Å²) >= 11 is 0. The molecule has 102 valence electrons. The van der Waals surface area contributed by atoms with Gasteiger partial charge in [-0.25, -0.2) is 18.1 Å². The molecule has 0 saturated heterocycles. The van der Waals surface area contributed by atoms with Crippen molar-refractivity contribution >= 4 is 27.0 Å². The van der Waals surface area contributed by atoms with Gasteiger partial charge in [0.2, 0.25) is 10.0 Å². The van der Waals surface area contributed by atoms with E-state index >= 15 is 0 Å². The lowest BCUT2D eigenvalue weighted by Gasteiger charge is -2.05. The molecule has 0 radical (unpaired) electrons. The fraction of sp³-hybridized carbons (Fsp3) is 0.300. The minimum Gasteiger partial charge on any atom is -0.350 e. The number of amides is 1. The average molecular weight is 283 g/mol. The zero-order valence-corrected chi connectivity index (χ0v) is 11.0. The summed E-state index contributed by atoms with van der Waals surface area (Å²) in [5.74, 6) is -0.607. The van der Waals surface area contributed by atoms with Crippen molar-refractivity contribution in [3.05, 3.63) is 24.0 Å². The first-order valence-corrected chi connectivity index (χ1v) is 7.16. The number of carbonyl (C=O) groups excluding carboxylic acids is 1. The van der Waals surface area contributed by atoms with E-state index in [1.807, 2.05) is 0 Å². The van der Waals surface area contributed by atoms with Crippen molar-refractivity contribution in [3.63, 3.8) is 0 Å². The molecule has 2 aromatic rings. The van der Waals surface area contributed by atoms with E-state index in [4.69, 9.17) is 0 Å². The van der Waals surface area contributed by atoms with Gasteiger partial charge in [-0.2, -0.15) is 5.10 Å². The van der Waals surface area contributed by atoms with Gasteiger partial charge >= 0.3 is 0 Å². The summed E-state index contributed by atoms with van der Waals surface area (Å²) in [7, 11) is -2.00. The Hall–Kier alpha value is -2.00. The quantitative estimate of drug-likeness (QED) is 0.666. The third kappa shape index (κ3) is 3.26. The Balaban J connectivity index is 2.00. The van der Waals surface area contributed by atoms with Crippen LogP contribution in [0.15, 0.2) is 18.3 Å². The molecular formula is C10H13N5O3S. The van der Waals surface area contributed by atoms with Gasteiger partial charge in [0.1, 0.15) is 5.69 Å². The lowest BCUT2D eigenvalue weighted by molar-refractivity contribution is 0.0951. The van der Waals surface area contributed by atoms with Crippen LogP contribution in [0, 0.1) is 0 Å². The summed E-state index contributed by atoms with van der Waals surface area (Å²) in [6.45, 7) is 0.0186. The Morgan fingerprint density at radius 1 is 1.42 bits per heavy atom. The maximum absolute atomic E-state index is 11.8. The maximum Gasteiger partial charge on any atom is 0.270 e. The number of hydrogen-bond acceptors (Lipinski definition) is 5. The molecule has 0 aromatic carbocycles. The molecule has 8 nitrogen and oxygen atoms in total. The molecule has 0 aliphatic carbocycles. The molecular weight excluding hydrogens is 270 g/mol. The van der Waals surface area contributed by atoms with Crippen LogP contribution in [0.4, 0.5) is 0 Å². The van der Waals surface area contributed by atoms with Gasteiger partial charge in [0, 0.05) is 11.9 Å². The highest BCUT2D eigenvalue weighted by atomic mass is 32.2. The van der Waals surface area contributed by atoms with Crippen LogP contribution in [0.1, 0.15) is 10.5 Å². The van der Waals surface area contributed by atoms with E-state index in [9.17, 15) is 13.2 Å². The molecule has 0 spiro atoms. The van der Waals surface area contributed by atoms with Gasteiger partial charge in [-0.05, 0) is 19.2 Å². The lowest BCUT2D eigenvalue weighted by Crippen LogP contribution is -2.33. The second-order valence-electron chi connectivity index (χ2n) is 3.78. The van der Waals surface area contributed by atoms with Gasteiger partial charge in [0.05, 0.1) is 11.9 Å². The Morgan fingerprint density at radius 2 is 2.21 bits per heavy atom. The van der Waals surface area contributed by atoms with Gasteiger partial charge in [0.25, 0.3) is 5.91 Å². The SMILES string of the molecule is CNS(=O)(=O)CCNC(=O)c1ccc2cn[nH]c2n1. The summed E-state index contributed by atoms with van der Waals surface area (Å²) < 4.78 is 24.5. The topological polar surface area (TPSA) is 117 Å². The normalized spacial score (nSPS) is 11.6. The minimum absolute atomic E-state index is 0.0186. The maximum atomic E-state index is 11.8. The molecule has 0 aliphatic heterocycles. The van der Waals surface area contributed by atoms with Crippen molar-refractivity contribution < 1.29 is 13.2 Å². The van der Waals surface area contributed by atoms with Crippen molar-refractivity contribution in [2.45, 2.75) is 0 Å². The van der Waals surface area contributed by atoms with Crippen LogP contribution in [-0.2, 0) is 10.0 Å². The molecule has 9 heteroatoms. The standard InChI is InChI=1S/C10H13N5O3S/c1-11-19(17,18)5-4-12-10(16)8-3-2-7-6-13-15-9(7)14-8/h2-3,6,11H,4-5H2,1H3,(H,12,16)(H,13,14,15). The molecule has 0 bridgehead atoms. The number of nitrogens with one attached hydrogen (secondary N) is 3. The number of sulfonamides is 1. The second kappa shape index (κ2) is 5.33. The smallest absolute Gasteiger partial charge is 0.270 e. The fourth-order valence-corrected chi connectivity index (χ4v) is 2.02. The minimum atomic E-state index is -3.32. The van der Waals surface area contributed by atoms with Crippen LogP contribution < -0.4 is 10.0 Å². The van der Waals surface area contributed by atoms with Crippen molar-refractivity contribution in [2.75, 3.05) is 19.3 Å². The van der Waals surface area contributed by atoms with Gasteiger partial charge in [-0.1, -0.05) is 0 Å². The Labute approximate surface area is 109 Å². The Bertz CT molecular complexity index is 694. The third-order valence-corrected chi connectivity index (χ3v) is 3.86. The van der Waals surface area contributed by atoms with Gasteiger partial charge in [0.15, 0.2) is 5.65 Å². The summed E-state index contributed by atoms with van der Waals surface area (Å²) in [5, 5.41) is 9.75. The molecule has 2 aromatic heterocycles. The predicted molar refractivity (Wildman–Crippen MR) is 69.1 cm³/mol. The number of aromatic amines is 1. The second-order valence-corrected chi connectivity index (χ2v) is 5.83. The highest BCUT2D eigenvalue weighted by Gasteiger charge is 2.11. The molecule has 0 fully saturated rings. The zero-order valence-electron chi connectivity index (χ0n) is 10.2. The van der Waals surface area contributed by atoms with E-state index < -0.39 is 15.9 Å². The van der Waals surface area contributed by atoms with Crippen LogP contribution >= 0.6 is 0 Å². The van der Waals surface area contributed by atoms with Crippen LogP contribution in [0.5, 0.6) is 0 Å². The highest BCUT2D eigenvalue weighted by Crippen LogP contribution is 2.08. The first-order valence-electron chi connectivity index (χ1n) is 5.51. The van der Waals surface area contributed by atoms with Crippen molar-refractivity contribution in [2.24, 2.45) is 0 Å². The molecule has 0 unspecified atom stereocenters. The zero-order chi connectivity index (χ0) is 13.9. The third-order valence-electron chi connectivity index (χ3n) is 2.50. The van der Waals surface area contributed by atoms with Crippen LogP contribution in [0.25, 0.3) is 11.0 Å². The molecule has 3 N–H and O–H groups in total. The van der Waals surface area contributed by atoms with Crippen molar-refractivity contribution in [1.82, 2.24) is 25.2 Å². The number of pyridine rings is 1. The van der Waals surface area contributed by atoms with Crippen LogP contribution in [0.3, 0.4) is 0 Å². The number of fused-ring (bicyclic) bond motifs is 1. The van der Waals surface area contributed by atoms with E-state index in [2.05, 4.69) is 25.2 Å².